The minimum Gasteiger partial charge on any atom is -0.456 e. The van der Waals surface area contributed by atoms with Crippen molar-refractivity contribution in [2.45, 2.75) is 0 Å². The molecule has 1 heterocycles. The molecule has 11 aromatic rings. The van der Waals surface area contributed by atoms with Gasteiger partial charge >= 0.3 is 0 Å². The highest BCUT2D eigenvalue weighted by atomic mass is 16.3. The Morgan fingerprint density at radius 3 is 1.57 bits per heavy atom. The normalized spacial score (nSPS) is 11.7. The molecule has 0 bridgehead atoms. The zero-order chi connectivity index (χ0) is 35.6. The first-order valence-corrected chi connectivity index (χ1v) is 18.5. The van der Waals surface area contributed by atoms with Gasteiger partial charge in [-0.25, -0.2) is 0 Å². The summed E-state index contributed by atoms with van der Waals surface area (Å²) in [5.74, 6) is 0. The second-order valence-corrected chi connectivity index (χ2v) is 14.1. The van der Waals surface area contributed by atoms with Crippen LogP contribution in [0.2, 0.25) is 0 Å². The molecule has 10 aromatic carbocycles. The molecule has 0 aliphatic carbocycles. The summed E-state index contributed by atoms with van der Waals surface area (Å²) in [6.07, 6.45) is 0. The first-order chi connectivity index (χ1) is 26.8. The Hall–Kier alpha value is -7.16. The number of rotatable bonds is 5. The van der Waals surface area contributed by atoms with Crippen LogP contribution in [0.1, 0.15) is 0 Å². The molecule has 54 heavy (non-hydrogen) atoms. The fourth-order valence-corrected chi connectivity index (χ4v) is 8.45. The van der Waals surface area contributed by atoms with Gasteiger partial charge < -0.3 is 9.32 Å². The largest absolute Gasteiger partial charge is 0.456 e. The van der Waals surface area contributed by atoms with Crippen molar-refractivity contribution in [3.8, 4) is 22.3 Å². The molecule has 0 aliphatic rings. The summed E-state index contributed by atoms with van der Waals surface area (Å²) in [5, 5.41) is 12.4. The van der Waals surface area contributed by atoms with Gasteiger partial charge in [-0.05, 0) is 120 Å². The van der Waals surface area contributed by atoms with Crippen LogP contribution >= 0.6 is 0 Å². The Bertz CT molecular complexity index is 3190. The minimum atomic E-state index is 0.887. The Balaban J connectivity index is 1.09. The van der Waals surface area contributed by atoms with Crippen LogP contribution in [0.3, 0.4) is 0 Å². The second-order valence-electron chi connectivity index (χ2n) is 14.1. The predicted molar refractivity (Wildman–Crippen MR) is 229 cm³/mol. The lowest BCUT2D eigenvalue weighted by Gasteiger charge is -2.26. The molecule has 1 aromatic heterocycles. The average molecular weight is 688 g/mol. The summed E-state index contributed by atoms with van der Waals surface area (Å²) in [6.45, 7) is 0. The van der Waals surface area contributed by atoms with E-state index in [1.54, 1.807) is 0 Å². The number of anilines is 3. The van der Waals surface area contributed by atoms with Gasteiger partial charge in [-0.2, -0.15) is 0 Å². The molecule has 0 atom stereocenters. The third-order valence-corrected chi connectivity index (χ3v) is 11.0. The maximum atomic E-state index is 6.23. The summed E-state index contributed by atoms with van der Waals surface area (Å²) in [6, 6.07) is 72.3. The quantitative estimate of drug-likeness (QED) is 0.168. The van der Waals surface area contributed by atoms with E-state index in [-0.39, 0.29) is 0 Å². The van der Waals surface area contributed by atoms with Gasteiger partial charge in [0.25, 0.3) is 0 Å². The van der Waals surface area contributed by atoms with E-state index < -0.39 is 0 Å². The zero-order valence-corrected chi connectivity index (χ0v) is 29.4. The molecule has 0 unspecified atom stereocenters. The highest BCUT2D eigenvalue weighted by Crippen LogP contribution is 2.44. The molecule has 0 aliphatic heterocycles. The lowest BCUT2D eigenvalue weighted by Crippen LogP contribution is -2.09. The molecule has 0 saturated heterocycles. The first kappa shape index (κ1) is 30.5. The molecule has 252 valence electrons. The fourth-order valence-electron chi connectivity index (χ4n) is 8.45. The van der Waals surface area contributed by atoms with E-state index in [0.717, 1.165) is 39.0 Å². The number of benzene rings is 10. The zero-order valence-electron chi connectivity index (χ0n) is 29.4. The Kier molecular flexibility index (Phi) is 6.90. The van der Waals surface area contributed by atoms with Gasteiger partial charge in [0.15, 0.2) is 0 Å². The highest BCUT2D eigenvalue weighted by Gasteiger charge is 2.18. The van der Waals surface area contributed by atoms with Crippen LogP contribution in [-0.2, 0) is 0 Å². The van der Waals surface area contributed by atoms with Gasteiger partial charge in [0.2, 0.25) is 0 Å². The van der Waals surface area contributed by atoms with Crippen molar-refractivity contribution in [1.82, 2.24) is 0 Å². The maximum Gasteiger partial charge on any atom is 0.135 e. The van der Waals surface area contributed by atoms with Gasteiger partial charge in [-0.1, -0.05) is 146 Å². The lowest BCUT2D eigenvalue weighted by molar-refractivity contribution is 0.669. The number of hydrogen-bond donors (Lipinski definition) is 0. The van der Waals surface area contributed by atoms with Crippen LogP contribution in [0.5, 0.6) is 0 Å². The van der Waals surface area contributed by atoms with Crippen molar-refractivity contribution in [2.24, 2.45) is 0 Å². The Labute approximate surface area is 312 Å². The number of nitrogens with zero attached hydrogens (tertiary/aromatic N) is 1. The molecular formula is C52H33NO. The molecular weight excluding hydrogens is 655 g/mol. The van der Waals surface area contributed by atoms with E-state index in [0.29, 0.717) is 0 Å². The van der Waals surface area contributed by atoms with Crippen LogP contribution < -0.4 is 4.90 Å². The number of para-hydroxylation sites is 1. The van der Waals surface area contributed by atoms with Crippen LogP contribution in [0.4, 0.5) is 17.1 Å². The van der Waals surface area contributed by atoms with Crippen molar-refractivity contribution in [3.05, 3.63) is 200 Å². The van der Waals surface area contributed by atoms with Crippen LogP contribution in [-0.4, -0.2) is 0 Å². The summed E-state index contributed by atoms with van der Waals surface area (Å²) in [5.41, 5.74) is 9.84. The van der Waals surface area contributed by atoms with Crippen molar-refractivity contribution >= 4 is 82.1 Å². The SMILES string of the molecule is c1ccc(-c2ccc(N(c3ccc(-c4cc5ccc6ccccc6c5c5c4ccc4ccccc45)cc3)c3ccc4oc5ccccc5c4c3)cc2)cc1. The molecule has 0 saturated carbocycles. The topological polar surface area (TPSA) is 16.4 Å². The van der Waals surface area contributed by atoms with Gasteiger partial charge in [-0.15, -0.1) is 0 Å². The molecule has 11 rings (SSSR count). The van der Waals surface area contributed by atoms with E-state index in [2.05, 4.69) is 193 Å². The summed E-state index contributed by atoms with van der Waals surface area (Å²) < 4.78 is 6.23. The van der Waals surface area contributed by atoms with Gasteiger partial charge in [0.1, 0.15) is 11.2 Å². The highest BCUT2D eigenvalue weighted by molar-refractivity contribution is 6.30. The Morgan fingerprint density at radius 1 is 0.296 bits per heavy atom. The first-order valence-electron chi connectivity index (χ1n) is 18.5. The lowest BCUT2D eigenvalue weighted by atomic mass is 9.88. The third kappa shape index (κ3) is 4.88. The van der Waals surface area contributed by atoms with Crippen molar-refractivity contribution in [1.29, 1.82) is 0 Å². The third-order valence-electron chi connectivity index (χ3n) is 11.0. The van der Waals surface area contributed by atoms with Gasteiger partial charge in [0.05, 0.1) is 0 Å². The maximum absolute atomic E-state index is 6.23. The van der Waals surface area contributed by atoms with E-state index >= 15 is 0 Å². The van der Waals surface area contributed by atoms with Gasteiger partial charge in [-0.3, -0.25) is 0 Å². The van der Waals surface area contributed by atoms with E-state index in [1.165, 1.54) is 65.3 Å². The molecule has 0 amide bonds. The predicted octanol–water partition coefficient (Wildman–Crippen LogP) is 15.0. The van der Waals surface area contributed by atoms with Crippen molar-refractivity contribution < 1.29 is 4.42 Å². The summed E-state index contributed by atoms with van der Waals surface area (Å²) in [4.78, 5) is 2.35. The van der Waals surface area contributed by atoms with E-state index in [1.807, 2.05) is 12.1 Å². The minimum absolute atomic E-state index is 0.887. The van der Waals surface area contributed by atoms with Crippen molar-refractivity contribution in [3.63, 3.8) is 0 Å². The van der Waals surface area contributed by atoms with Crippen LogP contribution in [0.25, 0.3) is 87.3 Å². The monoisotopic (exact) mass is 687 g/mol. The molecule has 0 spiro atoms. The number of hydrogen-bond acceptors (Lipinski definition) is 2. The summed E-state index contributed by atoms with van der Waals surface area (Å²) in [7, 11) is 0. The fraction of sp³-hybridized carbons (Fsp3) is 0. The van der Waals surface area contributed by atoms with E-state index in [9.17, 15) is 0 Å². The number of fused-ring (bicyclic) bond motifs is 10. The second kappa shape index (κ2) is 12.2. The number of furan rings is 1. The van der Waals surface area contributed by atoms with E-state index in [4.69, 9.17) is 4.42 Å². The van der Waals surface area contributed by atoms with Crippen molar-refractivity contribution in [2.75, 3.05) is 4.90 Å². The molecule has 0 fully saturated rings. The standard InChI is InChI=1S/C52H33NO/c1-2-10-34(11-3-1)35-20-25-40(26-21-35)53(42-29-31-50-48(33-42)45-16-8-9-17-49(45)54-50)41-27-22-38(23-28-41)47-32-39-19-18-36-12-4-6-14-43(36)51(39)52-44-15-7-5-13-37(44)24-30-46(47)52/h1-33H. The van der Waals surface area contributed by atoms with Crippen LogP contribution in [0.15, 0.2) is 205 Å². The summed E-state index contributed by atoms with van der Waals surface area (Å²) >= 11 is 0. The van der Waals surface area contributed by atoms with Gasteiger partial charge in [0, 0.05) is 27.8 Å². The smallest absolute Gasteiger partial charge is 0.135 e. The molecule has 0 N–H and O–H groups in total. The molecule has 0 radical (unpaired) electrons. The molecule has 2 heteroatoms. The molecule has 2 nitrogen and oxygen atoms in total. The average Bonchev–Trinajstić information content (AvgIpc) is 3.62. The van der Waals surface area contributed by atoms with Crippen LogP contribution in [0, 0.1) is 0 Å². The Morgan fingerprint density at radius 2 is 0.833 bits per heavy atom.